The fraction of sp³-hybridized carbons (Fsp3) is 0.133. The number of ether oxygens (including phenoxy) is 1. The second-order valence-corrected chi connectivity index (χ2v) is 4.26. The highest BCUT2D eigenvalue weighted by molar-refractivity contribution is 5.80. The number of non-ortho nitro benzene ring substituents is 1. The van der Waals surface area contributed by atoms with E-state index in [0.717, 1.165) is 11.3 Å². The van der Waals surface area contributed by atoms with Crippen LogP contribution in [-0.4, -0.2) is 18.2 Å². The van der Waals surface area contributed by atoms with E-state index in [1.807, 2.05) is 24.3 Å². The normalized spacial score (nSPS) is 10.5. The van der Waals surface area contributed by atoms with Gasteiger partial charge < -0.3 is 10.2 Å². The lowest BCUT2D eigenvalue weighted by atomic mass is 10.2. The number of nitro benzene ring substituents is 1. The molecule has 2 rings (SSSR count). The van der Waals surface area contributed by atoms with Crippen molar-refractivity contribution in [2.75, 3.05) is 7.11 Å². The molecule has 0 fully saturated rings. The number of benzene rings is 2. The Labute approximate surface area is 122 Å². The minimum Gasteiger partial charge on any atom is -0.496 e. The average molecular weight is 285 g/mol. The Bertz CT molecular complexity index is 656. The lowest BCUT2D eigenvalue weighted by Gasteiger charge is -2.07. The summed E-state index contributed by atoms with van der Waals surface area (Å²) in [7, 11) is 1.62. The summed E-state index contributed by atoms with van der Waals surface area (Å²) >= 11 is 0. The highest BCUT2D eigenvalue weighted by Gasteiger charge is 2.04. The van der Waals surface area contributed by atoms with Crippen LogP contribution in [-0.2, 0) is 6.54 Å². The van der Waals surface area contributed by atoms with Crippen molar-refractivity contribution in [1.82, 2.24) is 5.43 Å². The first-order chi connectivity index (χ1) is 10.2. The molecule has 0 spiro atoms. The number of para-hydroxylation sites is 1. The maximum absolute atomic E-state index is 10.7. The molecule has 0 aromatic heterocycles. The van der Waals surface area contributed by atoms with Gasteiger partial charge in [-0.25, -0.2) is 0 Å². The van der Waals surface area contributed by atoms with Crippen molar-refractivity contribution in [1.29, 1.82) is 0 Å². The Balaban J connectivity index is 1.97. The van der Waals surface area contributed by atoms with Crippen molar-refractivity contribution in [2.45, 2.75) is 6.54 Å². The van der Waals surface area contributed by atoms with Gasteiger partial charge in [-0.15, -0.1) is 0 Å². The van der Waals surface area contributed by atoms with E-state index in [1.54, 1.807) is 25.5 Å². The van der Waals surface area contributed by atoms with E-state index < -0.39 is 4.92 Å². The molecule has 0 saturated carbocycles. The predicted molar refractivity (Wildman–Crippen MR) is 80.5 cm³/mol. The number of nitro groups is 1. The second kappa shape index (κ2) is 7.04. The molecule has 6 heteroatoms. The number of methoxy groups -OCH3 is 1. The van der Waals surface area contributed by atoms with Crippen LogP contribution in [0.5, 0.6) is 5.75 Å². The smallest absolute Gasteiger partial charge is 0.270 e. The van der Waals surface area contributed by atoms with Crippen LogP contribution in [0.25, 0.3) is 0 Å². The molecule has 0 saturated heterocycles. The van der Waals surface area contributed by atoms with Crippen molar-refractivity contribution < 1.29 is 9.66 Å². The van der Waals surface area contributed by atoms with E-state index in [4.69, 9.17) is 4.74 Å². The molecule has 0 aliphatic heterocycles. The van der Waals surface area contributed by atoms with Crippen LogP contribution in [0.1, 0.15) is 11.1 Å². The number of nitrogens with zero attached hydrogens (tertiary/aromatic N) is 2. The maximum atomic E-state index is 10.7. The summed E-state index contributed by atoms with van der Waals surface area (Å²) < 4.78 is 5.24. The number of rotatable bonds is 6. The van der Waals surface area contributed by atoms with E-state index in [9.17, 15) is 10.1 Å². The Morgan fingerprint density at radius 2 is 2.10 bits per heavy atom. The van der Waals surface area contributed by atoms with Gasteiger partial charge in [-0.3, -0.25) is 10.1 Å². The monoisotopic (exact) mass is 285 g/mol. The number of hydrazone groups is 1. The molecule has 0 amide bonds. The van der Waals surface area contributed by atoms with Gasteiger partial charge in [0.25, 0.3) is 5.69 Å². The van der Waals surface area contributed by atoms with E-state index >= 15 is 0 Å². The summed E-state index contributed by atoms with van der Waals surface area (Å²) in [6.45, 7) is 0.509. The molecule has 1 N–H and O–H groups in total. The van der Waals surface area contributed by atoms with Gasteiger partial charge in [0.1, 0.15) is 5.75 Å². The molecule has 0 unspecified atom stereocenters. The van der Waals surface area contributed by atoms with Crippen LogP contribution in [0.15, 0.2) is 53.6 Å². The molecular formula is C15H15N3O3. The Hall–Kier alpha value is -2.89. The highest BCUT2D eigenvalue weighted by Crippen LogP contribution is 2.16. The largest absolute Gasteiger partial charge is 0.496 e. The quantitative estimate of drug-likeness (QED) is 0.503. The zero-order valence-corrected chi connectivity index (χ0v) is 11.5. The summed E-state index contributed by atoms with van der Waals surface area (Å²) in [5.74, 6) is 0.788. The molecule has 0 atom stereocenters. The van der Waals surface area contributed by atoms with Crippen molar-refractivity contribution in [3.05, 3.63) is 69.8 Å². The fourth-order valence-corrected chi connectivity index (χ4v) is 1.82. The summed E-state index contributed by atoms with van der Waals surface area (Å²) in [6, 6.07) is 13.9. The molecule has 0 heterocycles. The summed E-state index contributed by atoms with van der Waals surface area (Å²) in [5, 5.41) is 14.7. The second-order valence-electron chi connectivity index (χ2n) is 4.26. The summed E-state index contributed by atoms with van der Waals surface area (Å²) in [6.07, 6.45) is 1.54. The molecule has 0 aliphatic rings. The van der Waals surface area contributed by atoms with Crippen LogP contribution in [0, 0.1) is 10.1 Å². The van der Waals surface area contributed by atoms with Crippen molar-refractivity contribution in [3.8, 4) is 5.75 Å². The van der Waals surface area contributed by atoms with Gasteiger partial charge in [-0.2, -0.15) is 5.10 Å². The zero-order valence-electron chi connectivity index (χ0n) is 11.5. The van der Waals surface area contributed by atoms with Gasteiger partial charge in [-0.1, -0.05) is 30.3 Å². The molecular weight excluding hydrogens is 270 g/mol. The predicted octanol–water partition coefficient (Wildman–Crippen LogP) is 2.73. The first-order valence-electron chi connectivity index (χ1n) is 6.33. The van der Waals surface area contributed by atoms with Crippen LogP contribution in [0.3, 0.4) is 0 Å². The summed E-state index contributed by atoms with van der Waals surface area (Å²) in [5.41, 5.74) is 4.58. The Morgan fingerprint density at radius 3 is 2.86 bits per heavy atom. The molecule has 0 radical (unpaired) electrons. The van der Waals surface area contributed by atoms with Gasteiger partial charge in [0.15, 0.2) is 0 Å². The first-order valence-corrected chi connectivity index (χ1v) is 6.33. The van der Waals surface area contributed by atoms with Crippen LogP contribution >= 0.6 is 0 Å². The van der Waals surface area contributed by atoms with Crippen molar-refractivity contribution in [2.24, 2.45) is 5.10 Å². The lowest BCUT2D eigenvalue weighted by Crippen LogP contribution is -2.06. The van der Waals surface area contributed by atoms with E-state index in [0.29, 0.717) is 12.1 Å². The number of hydrogen-bond acceptors (Lipinski definition) is 5. The Kier molecular flexibility index (Phi) is 4.87. The maximum Gasteiger partial charge on any atom is 0.270 e. The minimum atomic E-state index is -0.431. The number of nitrogens with one attached hydrogen (secondary N) is 1. The molecule has 0 bridgehead atoms. The first kappa shape index (κ1) is 14.5. The van der Waals surface area contributed by atoms with Crippen molar-refractivity contribution >= 4 is 11.9 Å². The van der Waals surface area contributed by atoms with Gasteiger partial charge in [0.05, 0.1) is 24.8 Å². The van der Waals surface area contributed by atoms with Crippen LogP contribution in [0.2, 0.25) is 0 Å². The van der Waals surface area contributed by atoms with Gasteiger partial charge in [-0.05, 0) is 6.07 Å². The fourth-order valence-electron chi connectivity index (χ4n) is 1.82. The average Bonchev–Trinajstić information content (AvgIpc) is 2.52. The molecule has 21 heavy (non-hydrogen) atoms. The van der Waals surface area contributed by atoms with Gasteiger partial charge in [0, 0.05) is 23.3 Å². The molecule has 2 aromatic carbocycles. The number of hydrogen-bond donors (Lipinski definition) is 1. The van der Waals surface area contributed by atoms with Crippen LogP contribution < -0.4 is 10.2 Å². The zero-order chi connectivity index (χ0) is 15.1. The van der Waals surface area contributed by atoms with E-state index in [-0.39, 0.29) is 5.69 Å². The Morgan fingerprint density at radius 1 is 1.29 bits per heavy atom. The lowest BCUT2D eigenvalue weighted by molar-refractivity contribution is -0.384. The third kappa shape index (κ3) is 4.04. The van der Waals surface area contributed by atoms with Crippen molar-refractivity contribution in [3.63, 3.8) is 0 Å². The highest BCUT2D eigenvalue weighted by atomic mass is 16.6. The SMILES string of the molecule is COc1ccccc1CN/N=C/c1cccc([N+](=O)[O-])c1. The van der Waals surface area contributed by atoms with Gasteiger partial charge >= 0.3 is 0 Å². The minimum absolute atomic E-state index is 0.0451. The molecule has 0 aliphatic carbocycles. The standard InChI is InChI=1S/C15H15N3O3/c1-21-15-8-3-2-6-13(15)11-17-16-10-12-5-4-7-14(9-12)18(19)20/h2-10,17H,11H2,1H3/b16-10+. The molecule has 2 aromatic rings. The summed E-state index contributed by atoms with van der Waals surface area (Å²) in [4.78, 5) is 10.2. The third-order valence-electron chi connectivity index (χ3n) is 2.85. The molecule has 6 nitrogen and oxygen atoms in total. The van der Waals surface area contributed by atoms with Crippen LogP contribution in [0.4, 0.5) is 5.69 Å². The van der Waals surface area contributed by atoms with Gasteiger partial charge in [0.2, 0.25) is 0 Å². The molecule has 108 valence electrons. The topological polar surface area (TPSA) is 76.8 Å². The third-order valence-corrected chi connectivity index (χ3v) is 2.85. The van der Waals surface area contributed by atoms with E-state index in [2.05, 4.69) is 10.5 Å². The van der Waals surface area contributed by atoms with E-state index in [1.165, 1.54) is 12.1 Å².